The Kier molecular flexibility index (Phi) is 2.53. The maximum atomic E-state index is 3.55. The molecule has 0 saturated carbocycles. The van der Waals surface area contributed by atoms with E-state index >= 15 is 0 Å². The largest absolute Gasteiger partial charge is 0.316 e. The molecule has 2 rings (SSSR count). The number of thiophene rings is 1. The van der Waals surface area contributed by atoms with E-state index in [1.165, 1.54) is 27.2 Å². The van der Waals surface area contributed by atoms with E-state index in [0.29, 0.717) is 0 Å². The second-order valence-electron chi connectivity index (χ2n) is 3.24. The molecular weight excluding hydrogens is 234 g/mol. The van der Waals surface area contributed by atoms with Gasteiger partial charge in [-0.1, -0.05) is 0 Å². The van der Waals surface area contributed by atoms with Gasteiger partial charge >= 0.3 is 0 Å². The van der Waals surface area contributed by atoms with Crippen molar-refractivity contribution in [1.82, 2.24) is 5.32 Å². The van der Waals surface area contributed by atoms with E-state index in [9.17, 15) is 0 Å². The predicted octanol–water partition coefficient (Wildman–Crippen LogP) is 2.90. The van der Waals surface area contributed by atoms with E-state index in [1.54, 1.807) is 0 Å². The smallest absolute Gasteiger partial charge is 0.0314 e. The van der Waals surface area contributed by atoms with Gasteiger partial charge in [0.05, 0.1) is 0 Å². The van der Waals surface area contributed by atoms with Gasteiger partial charge in [-0.2, -0.15) is 0 Å². The second-order valence-corrected chi connectivity index (χ2v) is 5.38. The third-order valence-electron chi connectivity index (χ3n) is 2.34. The molecule has 0 spiro atoms. The first-order valence-corrected chi connectivity index (χ1v) is 5.85. The second kappa shape index (κ2) is 3.48. The van der Waals surface area contributed by atoms with E-state index in [0.717, 1.165) is 12.5 Å². The Morgan fingerprint density at radius 2 is 2.50 bits per heavy atom. The lowest BCUT2D eigenvalue weighted by Crippen LogP contribution is -2.07. The van der Waals surface area contributed by atoms with Crippen molar-refractivity contribution in [2.75, 3.05) is 13.1 Å². The topological polar surface area (TPSA) is 12.0 Å². The molecule has 3 heteroatoms. The average molecular weight is 246 g/mol. The summed E-state index contributed by atoms with van der Waals surface area (Å²) in [5, 5.41) is 3.39. The minimum atomic E-state index is 0.764. The van der Waals surface area contributed by atoms with Crippen molar-refractivity contribution in [2.45, 2.75) is 19.3 Å². The van der Waals surface area contributed by atoms with Crippen LogP contribution in [0.5, 0.6) is 0 Å². The minimum Gasteiger partial charge on any atom is -0.316 e. The summed E-state index contributed by atoms with van der Waals surface area (Å²) in [5.41, 5.74) is 0. The van der Waals surface area contributed by atoms with Gasteiger partial charge in [0, 0.05) is 26.7 Å². The van der Waals surface area contributed by atoms with Crippen LogP contribution in [0.4, 0.5) is 0 Å². The van der Waals surface area contributed by atoms with Gasteiger partial charge in [-0.25, -0.2) is 0 Å². The standard InChI is InChI=1S/C9H12BrNS/c1-6-8(10)4-9(12-6)7-2-3-11-5-7/h4,7,11H,2-3,5H2,1H3. The van der Waals surface area contributed by atoms with Crippen LogP contribution in [0, 0.1) is 6.92 Å². The molecule has 1 N–H and O–H groups in total. The fourth-order valence-corrected chi connectivity index (χ4v) is 3.28. The number of halogens is 1. The van der Waals surface area contributed by atoms with Crippen LogP contribution >= 0.6 is 27.3 Å². The van der Waals surface area contributed by atoms with Crippen molar-refractivity contribution in [3.63, 3.8) is 0 Å². The van der Waals surface area contributed by atoms with Gasteiger partial charge in [-0.05, 0) is 41.9 Å². The maximum Gasteiger partial charge on any atom is 0.0314 e. The SMILES string of the molecule is Cc1sc(C2CCNC2)cc1Br. The molecule has 1 atom stereocenters. The van der Waals surface area contributed by atoms with Crippen molar-refractivity contribution < 1.29 is 0 Å². The highest BCUT2D eigenvalue weighted by atomic mass is 79.9. The molecule has 1 nitrogen and oxygen atoms in total. The zero-order valence-corrected chi connectivity index (χ0v) is 9.46. The Morgan fingerprint density at radius 3 is 3.00 bits per heavy atom. The number of hydrogen-bond acceptors (Lipinski definition) is 2. The highest BCUT2D eigenvalue weighted by Crippen LogP contribution is 2.33. The van der Waals surface area contributed by atoms with E-state index in [2.05, 4.69) is 34.2 Å². The fraction of sp³-hybridized carbons (Fsp3) is 0.556. The molecule has 1 aromatic heterocycles. The summed E-state index contributed by atoms with van der Waals surface area (Å²) >= 11 is 5.48. The van der Waals surface area contributed by atoms with Gasteiger partial charge in [0.25, 0.3) is 0 Å². The molecule has 0 bridgehead atoms. The molecule has 0 aromatic carbocycles. The van der Waals surface area contributed by atoms with Gasteiger partial charge in [-0.15, -0.1) is 11.3 Å². The lowest BCUT2D eigenvalue weighted by Gasteiger charge is -2.02. The fourth-order valence-electron chi connectivity index (χ4n) is 1.58. The molecule has 66 valence electrons. The first-order valence-electron chi connectivity index (χ1n) is 4.24. The summed E-state index contributed by atoms with van der Waals surface area (Å²) < 4.78 is 1.27. The van der Waals surface area contributed by atoms with Crippen molar-refractivity contribution in [3.8, 4) is 0 Å². The van der Waals surface area contributed by atoms with Gasteiger partial charge in [0.1, 0.15) is 0 Å². The Labute approximate surface area is 85.3 Å². The molecule has 1 unspecified atom stereocenters. The lowest BCUT2D eigenvalue weighted by atomic mass is 10.1. The lowest BCUT2D eigenvalue weighted by molar-refractivity contribution is 0.779. The van der Waals surface area contributed by atoms with Gasteiger partial charge < -0.3 is 5.32 Å². The summed E-state index contributed by atoms with van der Waals surface area (Å²) in [5.74, 6) is 0.764. The maximum absolute atomic E-state index is 3.55. The van der Waals surface area contributed by atoms with Crippen LogP contribution in [-0.4, -0.2) is 13.1 Å². The third-order valence-corrected chi connectivity index (χ3v) is 4.64. The predicted molar refractivity (Wildman–Crippen MR) is 57.0 cm³/mol. The Hall–Kier alpha value is 0.140. The molecule has 0 radical (unpaired) electrons. The molecular formula is C9H12BrNS. The van der Waals surface area contributed by atoms with Crippen molar-refractivity contribution in [3.05, 3.63) is 20.3 Å². The van der Waals surface area contributed by atoms with E-state index in [4.69, 9.17) is 0 Å². The van der Waals surface area contributed by atoms with Crippen LogP contribution in [0.25, 0.3) is 0 Å². The molecule has 1 saturated heterocycles. The molecule has 0 aliphatic carbocycles. The number of rotatable bonds is 1. The number of aryl methyl sites for hydroxylation is 1. The van der Waals surface area contributed by atoms with Crippen LogP contribution in [0.3, 0.4) is 0 Å². The van der Waals surface area contributed by atoms with Gasteiger partial charge in [0.2, 0.25) is 0 Å². The van der Waals surface area contributed by atoms with Crippen LogP contribution in [0.15, 0.2) is 10.5 Å². The minimum absolute atomic E-state index is 0.764. The Morgan fingerprint density at radius 1 is 1.67 bits per heavy atom. The molecule has 1 fully saturated rings. The molecule has 0 amide bonds. The molecule has 1 aliphatic heterocycles. The molecule has 2 heterocycles. The summed E-state index contributed by atoms with van der Waals surface area (Å²) in [4.78, 5) is 2.93. The summed E-state index contributed by atoms with van der Waals surface area (Å²) in [6.45, 7) is 4.51. The van der Waals surface area contributed by atoms with Crippen molar-refractivity contribution >= 4 is 27.3 Å². The average Bonchev–Trinajstić information content (AvgIpc) is 2.61. The Bertz CT molecular complexity index is 257. The van der Waals surface area contributed by atoms with Crippen LogP contribution in [0.1, 0.15) is 22.1 Å². The van der Waals surface area contributed by atoms with Crippen LogP contribution in [-0.2, 0) is 0 Å². The highest BCUT2D eigenvalue weighted by Gasteiger charge is 2.18. The first-order chi connectivity index (χ1) is 5.77. The summed E-state index contributed by atoms with van der Waals surface area (Å²) in [6.07, 6.45) is 1.30. The zero-order chi connectivity index (χ0) is 8.55. The van der Waals surface area contributed by atoms with Crippen LogP contribution < -0.4 is 5.32 Å². The number of hydrogen-bond donors (Lipinski definition) is 1. The van der Waals surface area contributed by atoms with Crippen LogP contribution in [0.2, 0.25) is 0 Å². The van der Waals surface area contributed by atoms with Crippen molar-refractivity contribution in [2.24, 2.45) is 0 Å². The Balaban J connectivity index is 2.21. The zero-order valence-electron chi connectivity index (χ0n) is 7.06. The molecule has 1 aliphatic rings. The summed E-state index contributed by atoms with van der Waals surface area (Å²) in [6, 6.07) is 2.28. The first kappa shape index (κ1) is 8.73. The molecule has 1 aromatic rings. The quantitative estimate of drug-likeness (QED) is 0.803. The van der Waals surface area contributed by atoms with E-state index < -0.39 is 0 Å². The van der Waals surface area contributed by atoms with E-state index in [-0.39, 0.29) is 0 Å². The third kappa shape index (κ3) is 1.58. The van der Waals surface area contributed by atoms with Gasteiger partial charge in [-0.3, -0.25) is 0 Å². The summed E-state index contributed by atoms with van der Waals surface area (Å²) in [7, 11) is 0. The highest BCUT2D eigenvalue weighted by molar-refractivity contribution is 9.10. The van der Waals surface area contributed by atoms with Gasteiger partial charge in [0.15, 0.2) is 0 Å². The number of nitrogens with one attached hydrogen (secondary N) is 1. The monoisotopic (exact) mass is 245 g/mol. The molecule has 12 heavy (non-hydrogen) atoms. The van der Waals surface area contributed by atoms with Crippen molar-refractivity contribution in [1.29, 1.82) is 0 Å². The normalized spacial score (nSPS) is 23.3. The van der Waals surface area contributed by atoms with E-state index in [1.807, 2.05) is 11.3 Å².